The molecule has 0 spiro atoms. The number of carbonyl (C=O) groups is 1. The van der Waals surface area contributed by atoms with Crippen molar-refractivity contribution in [3.05, 3.63) is 0 Å². The average molecular weight is 568 g/mol. The topological polar surface area (TPSA) is 117 Å². The second-order valence-corrected chi connectivity index (χ2v) is 12.4. The van der Waals surface area contributed by atoms with Crippen LogP contribution in [0.4, 0.5) is 0 Å². The number of carbonyl (C=O) groups excluding carboxylic acids is 1. The van der Waals surface area contributed by atoms with E-state index in [2.05, 4.69) is 27.3 Å². The van der Waals surface area contributed by atoms with Gasteiger partial charge in [0.05, 0.1) is 42.2 Å². The minimum atomic E-state index is -0.131. The molecule has 2 saturated heterocycles. The molecule has 9 nitrogen and oxygen atoms in total. The van der Waals surface area contributed by atoms with E-state index in [1.54, 1.807) is 7.11 Å². The van der Waals surface area contributed by atoms with Gasteiger partial charge in [-0.2, -0.15) is 5.26 Å². The number of alkyl halides is 1. The van der Waals surface area contributed by atoms with E-state index in [0.29, 0.717) is 38.6 Å². The Bertz CT molecular complexity index is 794. The number of piperidine rings is 2. The van der Waals surface area contributed by atoms with Crippen LogP contribution in [0.15, 0.2) is 0 Å². The quantitative estimate of drug-likeness (QED) is 0.210. The van der Waals surface area contributed by atoms with Crippen LogP contribution in [-0.2, 0) is 19.0 Å². The Labute approximate surface area is 239 Å². The molecule has 39 heavy (non-hydrogen) atoms. The standard InChI is InChI=1S/C29H50ClN5O4/c1-3-38-27-15-24-22(14-25(27)35-28(36)8-6-12-37-2)29(19(16-31)17-33-24)34-20-9-10-26(23(30)13-20)39-18-21-7-4-5-11-32-21/h19-27,29,32-34H,3-15,17-18H2,1-2H3,(H,35,36). The van der Waals surface area contributed by atoms with Crippen LogP contribution >= 0.6 is 11.6 Å². The molecule has 2 heterocycles. The molecule has 4 rings (SSSR count). The zero-order chi connectivity index (χ0) is 27.6. The molecule has 4 aliphatic rings. The third kappa shape index (κ3) is 8.75. The number of fused-ring (bicyclic) bond motifs is 1. The predicted octanol–water partition coefficient (Wildman–Crippen LogP) is 2.47. The highest BCUT2D eigenvalue weighted by molar-refractivity contribution is 6.21. The van der Waals surface area contributed by atoms with Crippen LogP contribution in [0, 0.1) is 23.2 Å². The number of amides is 1. The lowest BCUT2D eigenvalue weighted by molar-refractivity contribution is -0.124. The van der Waals surface area contributed by atoms with Gasteiger partial charge >= 0.3 is 0 Å². The molecule has 0 aromatic heterocycles. The second kappa shape index (κ2) is 15.9. The van der Waals surface area contributed by atoms with Gasteiger partial charge in [-0.25, -0.2) is 0 Å². The summed E-state index contributed by atoms with van der Waals surface area (Å²) < 4.78 is 17.5. The van der Waals surface area contributed by atoms with Gasteiger partial charge in [-0.15, -0.1) is 11.6 Å². The minimum Gasteiger partial charge on any atom is -0.385 e. The molecule has 4 fully saturated rings. The maximum atomic E-state index is 12.7. The van der Waals surface area contributed by atoms with Gasteiger partial charge in [0.1, 0.15) is 0 Å². The van der Waals surface area contributed by atoms with E-state index in [1.165, 1.54) is 19.3 Å². The van der Waals surface area contributed by atoms with Crippen molar-refractivity contribution in [1.29, 1.82) is 5.26 Å². The molecule has 2 aliphatic heterocycles. The van der Waals surface area contributed by atoms with Crippen molar-refractivity contribution in [2.24, 2.45) is 11.8 Å². The third-order valence-electron chi connectivity index (χ3n) is 9.18. The van der Waals surface area contributed by atoms with Crippen molar-refractivity contribution in [3.8, 4) is 6.07 Å². The average Bonchev–Trinajstić information content (AvgIpc) is 2.94. The number of nitriles is 1. The van der Waals surface area contributed by atoms with Gasteiger partial charge in [0, 0.05) is 57.5 Å². The predicted molar refractivity (Wildman–Crippen MR) is 152 cm³/mol. The molecule has 0 radical (unpaired) electrons. The SMILES string of the molecule is CCOC1CC2NCC(C#N)C(NC3CCC(OCC4CCCCN4)C(Cl)C3)C2CC1NC(=O)CCCOC. The van der Waals surface area contributed by atoms with Gasteiger partial charge < -0.3 is 35.5 Å². The normalized spacial score (nSPS) is 38.9. The number of halogens is 1. The van der Waals surface area contributed by atoms with E-state index in [9.17, 15) is 10.1 Å². The van der Waals surface area contributed by atoms with Crippen LogP contribution in [0.1, 0.15) is 71.1 Å². The van der Waals surface area contributed by atoms with Gasteiger partial charge in [0.2, 0.25) is 5.91 Å². The summed E-state index contributed by atoms with van der Waals surface area (Å²) in [4.78, 5) is 12.7. The Morgan fingerprint density at radius 2 is 1.97 bits per heavy atom. The first kappa shape index (κ1) is 31.0. The summed E-state index contributed by atoms with van der Waals surface area (Å²) in [5.74, 6) is 0.134. The molecule has 0 aromatic carbocycles. The van der Waals surface area contributed by atoms with Crippen molar-refractivity contribution >= 4 is 17.5 Å². The smallest absolute Gasteiger partial charge is 0.220 e. The zero-order valence-corrected chi connectivity index (χ0v) is 24.6. The molecule has 0 aromatic rings. The van der Waals surface area contributed by atoms with E-state index >= 15 is 0 Å². The van der Waals surface area contributed by atoms with E-state index in [1.807, 2.05) is 6.92 Å². The summed E-state index contributed by atoms with van der Waals surface area (Å²) in [5.41, 5.74) is 0. The molecule has 2 saturated carbocycles. The zero-order valence-electron chi connectivity index (χ0n) is 23.8. The molecular formula is C29H50ClN5O4. The maximum absolute atomic E-state index is 12.7. The number of hydrogen-bond donors (Lipinski definition) is 4. The largest absolute Gasteiger partial charge is 0.385 e. The summed E-state index contributed by atoms with van der Waals surface area (Å²) in [6.45, 7) is 5.67. The highest BCUT2D eigenvalue weighted by Gasteiger charge is 2.47. The molecule has 4 N–H and O–H groups in total. The number of ether oxygens (including phenoxy) is 3. The van der Waals surface area contributed by atoms with Gasteiger partial charge in [-0.3, -0.25) is 4.79 Å². The van der Waals surface area contributed by atoms with Gasteiger partial charge in [-0.1, -0.05) is 6.42 Å². The number of nitrogens with zero attached hydrogens (tertiary/aromatic N) is 1. The van der Waals surface area contributed by atoms with Crippen molar-refractivity contribution < 1.29 is 19.0 Å². The fourth-order valence-corrected chi connectivity index (χ4v) is 7.52. The Kier molecular flexibility index (Phi) is 12.6. The summed E-state index contributed by atoms with van der Waals surface area (Å²) >= 11 is 6.87. The number of methoxy groups -OCH3 is 1. The van der Waals surface area contributed by atoms with Crippen LogP contribution in [0.3, 0.4) is 0 Å². The van der Waals surface area contributed by atoms with Crippen molar-refractivity contribution in [2.75, 3.05) is 40.0 Å². The molecule has 1 amide bonds. The first-order valence-electron chi connectivity index (χ1n) is 15.3. The van der Waals surface area contributed by atoms with E-state index in [-0.39, 0.29) is 59.5 Å². The van der Waals surface area contributed by atoms with E-state index in [0.717, 1.165) is 45.3 Å². The molecule has 10 atom stereocenters. The van der Waals surface area contributed by atoms with Crippen LogP contribution in [0.5, 0.6) is 0 Å². The van der Waals surface area contributed by atoms with Crippen molar-refractivity contribution in [3.63, 3.8) is 0 Å². The minimum absolute atomic E-state index is 0.0344. The van der Waals surface area contributed by atoms with Crippen molar-refractivity contribution in [1.82, 2.24) is 21.3 Å². The Morgan fingerprint density at radius 1 is 1.10 bits per heavy atom. The second-order valence-electron chi connectivity index (χ2n) is 11.9. The first-order valence-corrected chi connectivity index (χ1v) is 15.7. The fourth-order valence-electron chi connectivity index (χ4n) is 7.11. The highest BCUT2D eigenvalue weighted by Crippen LogP contribution is 2.36. The molecule has 10 heteroatoms. The number of hydrogen-bond acceptors (Lipinski definition) is 8. The van der Waals surface area contributed by atoms with E-state index in [4.69, 9.17) is 25.8 Å². The van der Waals surface area contributed by atoms with Crippen LogP contribution in [-0.4, -0.2) is 93.7 Å². The lowest BCUT2D eigenvalue weighted by atomic mass is 9.69. The Morgan fingerprint density at radius 3 is 2.69 bits per heavy atom. The van der Waals surface area contributed by atoms with Crippen LogP contribution < -0.4 is 21.3 Å². The first-order chi connectivity index (χ1) is 19.0. The van der Waals surface area contributed by atoms with Gasteiger partial charge in [0.25, 0.3) is 0 Å². The van der Waals surface area contributed by atoms with Gasteiger partial charge in [0.15, 0.2) is 0 Å². The number of nitrogens with one attached hydrogen (secondary N) is 4. The Balaban J connectivity index is 1.34. The van der Waals surface area contributed by atoms with E-state index < -0.39 is 0 Å². The molecule has 0 bridgehead atoms. The summed E-state index contributed by atoms with van der Waals surface area (Å²) in [7, 11) is 1.65. The Hall–Kier alpha value is -0.990. The van der Waals surface area contributed by atoms with Crippen LogP contribution in [0.2, 0.25) is 0 Å². The molecule has 2 aliphatic carbocycles. The summed E-state index contributed by atoms with van der Waals surface area (Å²) in [5, 5.41) is 24.3. The van der Waals surface area contributed by atoms with Crippen LogP contribution in [0.25, 0.3) is 0 Å². The maximum Gasteiger partial charge on any atom is 0.220 e. The number of rotatable bonds is 12. The molecule has 222 valence electrons. The highest BCUT2D eigenvalue weighted by atomic mass is 35.5. The van der Waals surface area contributed by atoms with Gasteiger partial charge in [-0.05, 0) is 70.8 Å². The third-order valence-corrected chi connectivity index (χ3v) is 9.64. The summed E-state index contributed by atoms with van der Waals surface area (Å²) in [6, 6.07) is 3.49. The lowest BCUT2D eigenvalue weighted by Gasteiger charge is -2.50. The summed E-state index contributed by atoms with van der Waals surface area (Å²) in [6.07, 6.45) is 9.26. The molecule has 10 unspecified atom stereocenters. The lowest BCUT2D eigenvalue weighted by Crippen LogP contribution is -2.66. The monoisotopic (exact) mass is 567 g/mol. The fraction of sp³-hybridized carbons (Fsp3) is 0.931. The molecular weight excluding hydrogens is 518 g/mol. The van der Waals surface area contributed by atoms with Crippen molar-refractivity contribution in [2.45, 2.75) is 119 Å².